The van der Waals surface area contributed by atoms with Crippen LogP contribution in [0.4, 0.5) is 0 Å². The van der Waals surface area contributed by atoms with Gasteiger partial charge in [0.05, 0.1) is 11.3 Å². The van der Waals surface area contributed by atoms with Crippen LogP contribution < -0.4 is 0 Å². The summed E-state index contributed by atoms with van der Waals surface area (Å²) in [5.41, 5.74) is 2.22. The fraction of sp³-hybridized carbons (Fsp3) is 0.318. The third-order valence-electron chi connectivity index (χ3n) is 4.71. The topological polar surface area (TPSA) is 74.7 Å². The molecule has 1 atom stereocenters. The Balaban J connectivity index is 1.99. The van der Waals surface area contributed by atoms with Gasteiger partial charge >= 0.3 is 0 Å². The lowest BCUT2D eigenvalue weighted by atomic mass is 10.0. The number of aryl methyl sites for hydroxylation is 1. The highest BCUT2D eigenvalue weighted by molar-refractivity contribution is 7.89. The van der Waals surface area contributed by atoms with Crippen LogP contribution in [0, 0.1) is 18.8 Å². The number of fused-ring (bicyclic) bond motifs is 1. The molecule has 0 aliphatic carbocycles. The Morgan fingerprint density at radius 1 is 1.07 bits per heavy atom. The van der Waals surface area contributed by atoms with Crippen molar-refractivity contribution in [2.24, 2.45) is 0 Å². The summed E-state index contributed by atoms with van der Waals surface area (Å²) in [6, 6.07) is 13.6. The molecule has 0 spiro atoms. The average Bonchev–Trinajstić information content (AvgIpc) is 2.66. The number of aliphatic hydroxyl groups is 1. The minimum atomic E-state index is -3.95. The van der Waals surface area contributed by atoms with Crippen molar-refractivity contribution < 1.29 is 18.3 Å². The van der Waals surface area contributed by atoms with E-state index in [2.05, 4.69) is 11.8 Å². The molecule has 0 bridgehead atoms. The third kappa shape index (κ3) is 4.61. The summed E-state index contributed by atoms with van der Waals surface area (Å²) < 4.78 is 27.2. The largest absolute Gasteiger partial charge is 0.380 e. The number of aliphatic hydroxyl groups excluding tert-OH is 1. The number of amides is 1. The van der Waals surface area contributed by atoms with E-state index in [1.165, 1.54) is 12.1 Å². The number of carbonyl (C=O) groups is 1. The van der Waals surface area contributed by atoms with Crippen LogP contribution in [0.1, 0.15) is 36.0 Å². The van der Waals surface area contributed by atoms with Gasteiger partial charge in [-0.2, -0.15) is 0 Å². The Kier molecular flexibility index (Phi) is 6.18. The SMILES string of the molecule is Cc1ccc(S(=O)(=O)N2CCCCC(O)C#Cc3ccccc3CC2=O)cc1. The van der Waals surface area contributed by atoms with Gasteiger partial charge in [0, 0.05) is 12.1 Å². The second-order valence-corrected chi connectivity index (χ2v) is 8.76. The maximum Gasteiger partial charge on any atom is 0.266 e. The first-order valence-electron chi connectivity index (χ1n) is 9.27. The fourth-order valence-electron chi connectivity index (χ4n) is 3.09. The molecule has 2 aromatic carbocycles. The Morgan fingerprint density at radius 2 is 1.79 bits per heavy atom. The van der Waals surface area contributed by atoms with E-state index in [0.717, 1.165) is 9.87 Å². The minimum Gasteiger partial charge on any atom is -0.380 e. The van der Waals surface area contributed by atoms with Crippen LogP contribution in [0.15, 0.2) is 53.4 Å². The van der Waals surface area contributed by atoms with Crippen LogP contribution in [0.5, 0.6) is 0 Å². The standard InChI is InChI=1S/C22H23NO4S/c1-17-9-13-21(14-10-17)28(26,27)23-15-5-4-8-20(24)12-11-18-6-2-3-7-19(18)16-22(23)25/h2-3,6-7,9-10,13-14,20,24H,4-5,8,15-16H2,1H3. The minimum absolute atomic E-state index is 0.0635. The van der Waals surface area contributed by atoms with E-state index >= 15 is 0 Å². The Labute approximate surface area is 166 Å². The maximum atomic E-state index is 13.1. The molecule has 28 heavy (non-hydrogen) atoms. The molecule has 1 heterocycles. The highest BCUT2D eigenvalue weighted by atomic mass is 32.2. The van der Waals surface area contributed by atoms with E-state index < -0.39 is 22.0 Å². The molecule has 5 nitrogen and oxygen atoms in total. The molecule has 6 heteroatoms. The number of nitrogens with zero attached hydrogens (tertiary/aromatic N) is 1. The molecule has 0 saturated heterocycles. The lowest BCUT2D eigenvalue weighted by Crippen LogP contribution is -2.39. The summed E-state index contributed by atoms with van der Waals surface area (Å²) >= 11 is 0. The van der Waals surface area contributed by atoms with Gasteiger partial charge in [-0.25, -0.2) is 12.7 Å². The van der Waals surface area contributed by atoms with Crippen molar-refractivity contribution in [3.05, 3.63) is 65.2 Å². The summed E-state index contributed by atoms with van der Waals surface area (Å²) in [4.78, 5) is 13.1. The van der Waals surface area contributed by atoms with E-state index in [-0.39, 0.29) is 17.9 Å². The predicted molar refractivity (Wildman–Crippen MR) is 107 cm³/mol. The second-order valence-electron chi connectivity index (χ2n) is 6.90. The highest BCUT2D eigenvalue weighted by Crippen LogP contribution is 2.20. The number of rotatable bonds is 2. The van der Waals surface area contributed by atoms with Gasteiger partial charge in [-0.05, 0) is 49.9 Å². The molecule has 1 aliphatic rings. The summed E-state index contributed by atoms with van der Waals surface area (Å²) in [5, 5.41) is 10.0. The third-order valence-corrected chi connectivity index (χ3v) is 6.54. The van der Waals surface area contributed by atoms with Gasteiger partial charge in [0.15, 0.2) is 0 Å². The van der Waals surface area contributed by atoms with E-state index in [1.807, 2.05) is 6.92 Å². The van der Waals surface area contributed by atoms with Gasteiger partial charge in [-0.1, -0.05) is 47.7 Å². The van der Waals surface area contributed by atoms with Crippen molar-refractivity contribution in [3.8, 4) is 11.8 Å². The predicted octanol–water partition coefficient (Wildman–Crippen LogP) is 2.65. The van der Waals surface area contributed by atoms with E-state index in [9.17, 15) is 18.3 Å². The molecular formula is C22H23NO4S. The smallest absolute Gasteiger partial charge is 0.266 e. The fourth-order valence-corrected chi connectivity index (χ4v) is 4.53. The van der Waals surface area contributed by atoms with Crippen LogP contribution in [0.3, 0.4) is 0 Å². The van der Waals surface area contributed by atoms with Gasteiger partial charge in [0.1, 0.15) is 6.10 Å². The zero-order valence-corrected chi connectivity index (χ0v) is 16.6. The molecule has 3 rings (SSSR count). The zero-order valence-electron chi connectivity index (χ0n) is 15.8. The Hall–Kier alpha value is -2.62. The second kappa shape index (κ2) is 8.59. The molecule has 0 aromatic heterocycles. The first kappa shape index (κ1) is 20.1. The van der Waals surface area contributed by atoms with Crippen LogP contribution >= 0.6 is 0 Å². The van der Waals surface area contributed by atoms with Gasteiger partial charge in [0.2, 0.25) is 5.91 Å². The monoisotopic (exact) mass is 397 g/mol. The summed E-state index contributed by atoms with van der Waals surface area (Å²) in [7, 11) is -3.95. The molecule has 0 fully saturated rings. The molecule has 1 N–H and O–H groups in total. The molecule has 1 aliphatic heterocycles. The number of carbonyl (C=O) groups excluding carboxylic acids is 1. The van der Waals surface area contributed by atoms with Crippen molar-refractivity contribution in [2.75, 3.05) is 6.54 Å². The van der Waals surface area contributed by atoms with Crippen LogP contribution in [-0.4, -0.2) is 36.4 Å². The molecule has 0 radical (unpaired) electrons. The maximum absolute atomic E-state index is 13.1. The zero-order chi connectivity index (χ0) is 20.1. The normalized spacial score (nSPS) is 18.3. The van der Waals surface area contributed by atoms with Gasteiger partial charge < -0.3 is 5.11 Å². The quantitative estimate of drug-likeness (QED) is 0.791. The molecule has 1 unspecified atom stereocenters. The molecule has 1 amide bonds. The first-order valence-corrected chi connectivity index (χ1v) is 10.7. The highest BCUT2D eigenvalue weighted by Gasteiger charge is 2.29. The van der Waals surface area contributed by atoms with Crippen LogP contribution in [0.25, 0.3) is 0 Å². The van der Waals surface area contributed by atoms with Gasteiger partial charge in [0.25, 0.3) is 10.0 Å². The Morgan fingerprint density at radius 3 is 2.54 bits per heavy atom. The molecule has 0 saturated carbocycles. The van der Waals surface area contributed by atoms with Crippen molar-refractivity contribution in [1.82, 2.24) is 4.31 Å². The van der Waals surface area contributed by atoms with Crippen molar-refractivity contribution in [1.29, 1.82) is 0 Å². The summed E-state index contributed by atoms with van der Waals surface area (Å²) in [6.45, 7) is 1.96. The average molecular weight is 397 g/mol. The number of hydrogen-bond donors (Lipinski definition) is 1. The van der Waals surface area contributed by atoms with Crippen molar-refractivity contribution in [3.63, 3.8) is 0 Å². The van der Waals surface area contributed by atoms with E-state index in [1.54, 1.807) is 36.4 Å². The number of hydrogen-bond acceptors (Lipinski definition) is 4. The molecule has 2 aromatic rings. The molecular weight excluding hydrogens is 374 g/mol. The lowest BCUT2D eigenvalue weighted by Gasteiger charge is -2.23. The van der Waals surface area contributed by atoms with E-state index in [0.29, 0.717) is 30.4 Å². The van der Waals surface area contributed by atoms with Crippen LogP contribution in [-0.2, 0) is 21.2 Å². The molecule has 146 valence electrons. The van der Waals surface area contributed by atoms with Gasteiger partial charge in [-0.3, -0.25) is 4.79 Å². The van der Waals surface area contributed by atoms with Crippen molar-refractivity contribution >= 4 is 15.9 Å². The summed E-state index contributed by atoms with van der Waals surface area (Å²) in [6.07, 6.45) is 0.640. The Bertz CT molecular complexity index is 1020. The van der Waals surface area contributed by atoms with Crippen LogP contribution in [0.2, 0.25) is 0 Å². The summed E-state index contributed by atoms with van der Waals surface area (Å²) in [5.74, 6) is 5.25. The van der Waals surface area contributed by atoms with Crippen molar-refractivity contribution in [2.45, 2.75) is 43.6 Å². The number of sulfonamides is 1. The first-order chi connectivity index (χ1) is 13.4. The van der Waals surface area contributed by atoms with E-state index in [4.69, 9.17) is 0 Å². The van der Waals surface area contributed by atoms with Gasteiger partial charge in [-0.15, -0.1) is 0 Å². The number of benzene rings is 2. The lowest BCUT2D eigenvalue weighted by molar-refractivity contribution is -0.125.